The molecule has 0 aromatic heterocycles. The number of hydrogen-bond donors (Lipinski definition) is 0. The Labute approximate surface area is 181 Å². The third kappa shape index (κ3) is 5.00. The van der Waals surface area contributed by atoms with Crippen molar-refractivity contribution in [1.29, 1.82) is 0 Å². The maximum Gasteiger partial charge on any atom is 0.243 e. The second kappa shape index (κ2) is 9.43. The van der Waals surface area contributed by atoms with Gasteiger partial charge in [-0.25, -0.2) is 12.8 Å². The fourth-order valence-corrected chi connectivity index (χ4v) is 5.08. The first-order chi connectivity index (χ1) is 14.2. The third-order valence-electron chi connectivity index (χ3n) is 5.48. The molecule has 0 N–H and O–H groups in total. The maximum atomic E-state index is 13.3. The number of sulfonamides is 1. The fraction of sp³-hybridized carbons (Fsp3) is 0.381. The van der Waals surface area contributed by atoms with Gasteiger partial charge in [0, 0.05) is 33.2 Å². The van der Waals surface area contributed by atoms with Crippen molar-refractivity contribution in [3.8, 4) is 0 Å². The Kier molecular flexibility index (Phi) is 7.13. The highest BCUT2D eigenvalue weighted by molar-refractivity contribution is 7.89. The van der Waals surface area contributed by atoms with Gasteiger partial charge in [0.25, 0.3) is 0 Å². The van der Waals surface area contributed by atoms with Crippen LogP contribution in [0.15, 0.2) is 53.4 Å². The number of carbonyl (C=O) groups is 1. The molecule has 30 heavy (non-hydrogen) atoms. The van der Waals surface area contributed by atoms with Gasteiger partial charge in [-0.1, -0.05) is 41.9 Å². The number of piperazine rings is 1. The number of hydrogen-bond acceptors (Lipinski definition) is 4. The Morgan fingerprint density at radius 1 is 1.13 bits per heavy atom. The van der Waals surface area contributed by atoms with Gasteiger partial charge in [-0.05, 0) is 30.7 Å². The molecular weight excluding hydrogens is 429 g/mol. The van der Waals surface area contributed by atoms with Crippen LogP contribution in [0, 0.1) is 5.82 Å². The van der Waals surface area contributed by atoms with Crippen LogP contribution >= 0.6 is 11.6 Å². The van der Waals surface area contributed by atoms with Crippen molar-refractivity contribution in [1.82, 2.24) is 14.1 Å². The Morgan fingerprint density at radius 3 is 2.37 bits per heavy atom. The molecule has 1 unspecified atom stereocenters. The lowest BCUT2D eigenvalue weighted by Crippen LogP contribution is -2.51. The van der Waals surface area contributed by atoms with Crippen molar-refractivity contribution in [3.05, 3.63) is 64.9 Å². The third-order valence-corrected chi connectivity index (χ3v) is 7.66. The normalized spacial score (nSPS) is 16.9. The van der Waals surface area contributed by atoms with Gasteiger partial charge in [0.15, 0.2) is 0 Å². The van der Waals surface area contributed by atoms with Crippen molar-refractivity contribution in [2.75, 3.05) is 39.8 Å². The summed E-state index contributed by atoms with van der Waals surface area (Å²) in [7, 11) is -1.98. The van der Waals surface area contributed by atoms with E-state index >= 15 is 0 Å². The maximum absolute atomic E-state index is 13.3. The summed E-state index contributed by atoms with van der Waals surface area (Å²) in [6, 6.07) is 13.1. The van der Waals surface area contributed by atoms with E-state index in [0.717, 1.165) is 17.7 Å². The number of nitrogens with zero attached hydrogens (tertiary/aromatic N) is 3. The van der Waals surface area contributed by atoms with Crippen LogP contribution in [0.1, 0.15) is 18.5 Å². The van der Waals surface area contributed by atoms with Crippen LogP contribution in [0.4, 0.5) is 4.39 Å². The first-order valence-corrected chi connectivity index (χ1v) is 11.5. The number of likely N-dealkylation sites (N-methyl/N-ethyl adjacent to an activating group) is 1. The molecule has 0 saturated carbocycles. The molecule has 1 atom stereocenters. The van der Waals surface area contributed by atoms with E-state index in [1.54, 1.807) is 11.9 Å². The zero-order valence-electron chi connectivity index (χ0n) is 17.0. The van der Waals surface area contributed by atoms with Gasteiger partial charge < -0.3 is 4.90 Å². The summed E-state index contributed by atoms with van der Waals surface area (Å²) in [5.74, 6) is -0.680. The molecule has 2 aromatic rings. The zero-order chi connectivity index (χ0) is 21.9. The summed E-state index contributed by atoms with van der Waals surface area (Å²) in [4.78, 5) is 16.3. The number of halogens is 2. The highest BCUT2D eigenvalue weighted by Crippen LogP contribution is 2.23. The minimum Gasteiger partial charge on any atom is -0.338 e. The smallest absolute Gasteiger partial charge is 0.243 e. The van der Waals surface area contributed by atoms with Crippen LogP contribution in [0.3, 0.4) is 0 Å². The Morgan fingerprint density at radius 2 is 1.77 bits per heavy atom. The summed E-state index contributed by atoms with van der Waals surface area (Å²) in [6.45, 7) is 3.58. The first-order valence-electron chi connectivity index (χ1n) is 9.68. The van der Waals surface area contributed by atoms with E-state index in [9.17, 15) is 17.6 Å². The topological polar surface area (TPSA) is 60.9 Å². The molecule has 1 fully saturated rings. The molecule has 1 aliphatic heterocycles. The van der Waals surface area contributed by atoms with E-state index in [4.69, 9.17) is 11.6 Å². The van der Waals surface area contributed by atoms with Crippen molar-refractivity contribution in [2.45, 2.75) is 17.9 Å². The lowest BCUT2D eigenvalue weighted by Gasteiger charge is -2.35. The second-order valence-corrected chi connectivity index (χ2v) is 9.69. The van der Waals surface area contributed by atoms with Crippen molar-refractivity contribution < 1.29 is 17.6 Å². The van der Waals surface area contributed by atoms with Gasteiger partial charge in [-0.2, -0.15) is 4.31 Å². The molecule has 6 nitrogen and oxygen atoms in total. The van der Waals surface area contributed by atoms with Gasteiger partial charge >= 0.3 is 0 Å². The predicted molar refractivity (Wildman–Crippen MR) is 114 cm³/mol. The van der Waals surface area contributed by atoms with Crippen molar-refractivity contribution in [3.63, 3.8) is 0 Å². The number of carbonyl (C=O) groups excluding carboxylic acids is 1. The second-order valence-electron chi connectivity index (χ2n) is 7.35. The Balaban J connectivity index is 1.57. The SMILES string of the molecule is CC(c1ccccc1)N(C)C(=O)CN1CCN(S(=O)(=O)c2ccc(F)c(Cl)c2)CC1. The van der Waals surface area contributed by atoms with Gasteiger partial charge in [0.1, 0.15) is 5.82 Å². The summed E-state index contributed by atoms with van der Waals surface area (Å²) in [6.07, 6.45) is 0. The Bertz CT molecular complexity index is 996. The number of rotatable bonds is 6. The minimum absolute atomic E-state index is 0.0204. The van der Waals surface area contributed by atoms with Crippen LogP contribution in [0.2, 0.25) is 5.02 Å². The number of benzene rings is 2. The average Bonchev–Trinajstić information content (AvgIpc) is 2.75. The van der Waals surface area contributed by atoms with Crippen molar-refractivity contribution in [2.24, 2.45) is 0 Å². The number of amides is 1. The molecule has 2 aromatic carbocycles. The van der Waals surface area contributed by atoms with E-state index in [0.29, 0.717) is 13.1 Å². The summed E-state index contributed by atoms with van der Waals surface area (Å²) in [5.41, 5.74) is 1.06. The molecule has 9 heteroatoms. The molecule has 0 bridgehead atoms. The van der Waals surface area contributed by atoms with Gasteiger partial charge in [-0.15, -0.1) is 0 Å². The fourth-order valence-electron chi connectivity index (χ4n) is 3.39. The molecule has 0 aliphatic carbocycles. The summed E-state index contributed by atoms with van der Waals surface area (Å²) in [5, 5.41) is -0.226. The predicted octanol–water partition coefficient (Wildman–Crippen LogP) is 3.01. The quantitative estimate of drug-likeness (QED) is 0.674. The van der Waals surface area contributed by atoms with Crippen LogP contribution in [-0.4, -0.2) is 68.2 Å². The lowest BCUT2D eigenvalue weighted by molar-refractivity contribution is -0.133. The van der Waals surface area contributed by atoms with Crippen LogP contribution in [0.5, 0.6) is 0 Å². The molecular formula is C21H25ClFN3O3S. The van der Waals surface area contributed by atoms with Gasteiger partial charge in [-0.3, -0.25) is 9.69 Å². The highest BCUT2D eigenvalue weighted by Gasteiger charge is 2.30. The van der Waals surface area contributed by atoms with Crippen LogP contribution in [0.25, 0.3) is 0 Å². The highest BCUT2D eigenvalue weighted by atomic mass is 35.5. The van der Waals surface area contributed by atoms with Crippen molar-refractivity contribution >= 4 is 27.5 Å². The first kappa shape index (κ1) is 22.7. The molecule has 0 radical (unpaired) electrons. The zero-order valence-corrected chi connectivity index (χ0v) is 18.5. The summed E-state index contributed by atoms with van der Waals surface area (Å²) < 4.78 is 40.3. The van der Waals surface area contributed by atoms with E-state index < -0.39 is 15.8 Å². The van der Waals surface area contributed by atoms with E-state index in [1.165, 1.54) is 10.4 Å². The monoisotopic (exact) mass is 453 g/mol. The molecule has 1 heterocycles. The molecule has 1 saturated heterocycles. The largest absolute Gasteiger partial charge is 0.338 e. The van der Waals surface area contributed by atoms with Gasteiger partial charge in [0.05, 0.1) is 22.5 Å². The molecule has 0 spiro atoms. The molecule has 1 aliphatic rings. The Hall–Kier alpha value is -2.00. The van der Waals surface area contributed by atoms with E-state index in [2.05, 4.69) is 0 Å². The molecule has 1 amide bonds. The standard InChI is InChI=1S/C21H25ClFN3O3S/c1-16(17-6-4-3-5-7-17)24(2)21(27)15-25-10-12-26(13-11-25)30(28,29)18-8-9-20(23)19(22)14-18/h3-9,14,16H,10-13,15H2,1-2H3. The molecule has 162 valence electrons. The van der Waals surface area contributed by atoms with Crippen LogP contribution in [-0.2, 0) is 14.8 Å². The van der Waals surface area contributed by atoms with E-state index in [-0.39, 0.29) is 41.5 Å². The lowest BCUT2D eigenvalue weighted by atomic mass is 10.1. The molecule has 3 rings (SSSR count). The summed E-state index contributed by atoms with van der Waals surface area (Å²) >= 11 is 5.73. The van der Waals surface area contributed by atoms with Gasteiger partial charge in [0.2, 0.25) is 15.9 Å². The van der Waals surface area contributed by atoms with Crippen LogP contribution < -0.4 is 0 Å². The minimum atomic E-state index is -3.76. The van der Waals surface area contributed by atoms with E-state index in [1.807, 2.05) is 42.2 Å². The average molecular weight is 454 g/mol.